The molecule has 0 heterocycles. The fraction of sp³-hybridized carbons (Fsp3) is 0.667. The summed E-state index contributed by atoms with van der Waals surface area (Å²) in [5.41, 5.74) is 5.34. The van der Waals surface area contributed by atoms with Gasteiger partial charge in [-0.15, -0.1) is 0 Å². The summed E-state index contributed by atoms with van der Waals surface area (Å²) < 4.78 is 0. The highest BCUT2D eigenvalue weighted by Gasteiger charge is 2.06. The monoisotopic (exact) mass is 123 g/mol. The summed E-state index contributed by atoms with van der Waals surface area (Å²) in [6, 6.07) is 3.62. The van der Waals surface area contributed by atoms with Crippen LogP contribution in [0.1, 0.15) is 13.3 Å². The normalized spacial score (nSPS) is 12.1. The molecule has 3 nitrogen and oxygen atoms in total. The van der Waals surface area contributed by atoms with Gasteiger partial charge in [0, 0.05) is 6.04 Å². The molecular weight excluding hydrogens is 114 g/mol. The van der Waals surface area contributed by atoms with Gasteiger partial charge in [-0.3, -0.25) is 0 Å². The van der Waals surface area contributed by atoms with Crippen LogP contribution in [0.25, 0.3) is 0 Å². The summed E-state index contributed by atoms with van der Waals surface area (Å²) in [4.78, 5) is 0. The van der Waals surface area contributed by atoms with E-state index in [0.717, 1.165) is 0 Å². The van der Waals surface area contributed by atoms with Gasteiger partial charge < -0.3 is 5.73 Å². The van der Waals surface area contributed by atoms with Crippen molar-refractivity contribution in [3.05, 3.63) is 0 Å². The zero-order valence-corrected chi connectivity index (χ0v) is 5.33. The van der Waals surface area contributed by atoms with Crippen molar-refractivity contribution >= 4 is 0 Å². The molecule has 0 bridgehead atoms. The fourth-order valence-corrected chi connectivity index (χ4v) is 0.506. The van der Waals surface area contributed by atoms with E-state index in [-0.39, 0.29) is 6.04 Å². The van der Waals surface area contributed by atoms with Crippen molar-refractivity contribution in [2.75, 3.05) is 0 Å². The van der Waals surface area contributed by atoms with E-state index in [9.17, 15) is 0 Å². The third kappa shape index (κ3) is 3.52. The molecule has 2 N–H and O–H groups in total. The van der Waals surface area contributed by atoms with E-state index in [1.165, 1.54) is 0 Å². The van der Waals surface area contributed by atoms with Gasteiger partial charge in [0.25, 0.3) is 0 Å². The van der Waals surface area contributed by atoms with Crippen LogP contribution in [0.4, 0.5) is 0 Å². The van der Waals surface area contributed by atoms with Crippen molar-refractivity contribution in [3.8, 4) is 12.1 Å². The summed E-state index contributed by atoms with van der Waals surface area (Å²) in [7, 11) is 0. The molecule has 3 heteroatoms. The standard InChI is InChI=1S/C6H9N3/c1-5(9)2-6(3-7)4-8/h5-6H,2,9H2,1H3. The highest BCUT2D eigenvalue weighted by atomic mass is 14.6. The largest absolute Gasteiger partial charge is 0.328 e. The average Bonchev–Trinajstić information content (AvgIpc) is 1.82. The Morgan fingerprint density at radius 3 is 2.00 bits per heavy atom. The Morgan fingerprint density at radius 1 is 1.44 bits per heavy atom. The average molecular weight is 123 g/mol. The molecule has 0 spiro atoms. The predicted molar refractivity (Wildman–Crippen MR) is 33.0 cm³/mol. The van der Waals surface area contributed by atoms with Crippen LogP contribution in [-0.4, -0.2) is 6.04 Å². The van der Waals surface area contributed by atoms with Crippen molar-refractivity contribution < 1.29 is 0 Å². The molecule has 9 heavy (non-hydrogen) atoms. The molecule has 0 aliphatic carbocycles. The second-order valence-electron chi connectivity index (χ2n) is 2.02. The number of nitrogens with zero attached hydrogens (tertiary/aromatic N) is 2. The molecule has 0 fully saturated rings. The second kappa shape index (κ2) is 3.88. The summed E-state index contributed by atoms with van der Waals surface area (Å²) in [5, 5.41) is 16.5. The Morgan fingerprint density at radius 2 is 1.89 bits per heavy atom. The molecule has 0 radical (unpaired) electrons. The second-order valence-corrected chi connectivity index (χ2v) is 2.02. The summed E-state index contributed by atoms with van der Waals surface area (Å²) in [6.07, 6.45) is 0.465. The van der Waals surface area contributed by atoms with Crippen molar-refractivity contribution in [3.63, 3.8) is 0 Å². The first-order valence-corrected chi connectivity index (χ1v) is 2.75. The summed E-state index contributed by atoms with van der Waals surface area (Å²) >= 11 is 0. The van der Waals surface area contributed by atoms with Gasteiger partial charge in [-0.2, -0.15) is 10.5 Å². The molecule has 0 aromatic carbocycles. The molecule has 0 aliphatic heterocycles. The Labute approximate surface area is 54.7 Å². The SMILES string of the molecule is CC(N)CC(C#N)C#N. The molecule has 1 unspecified atom stereocenters. The maximum Gasteiger partial charge on any atom is 0.134 e. The van der Waals surface area contributed by atoms with Crippen LogP contribution >= 0.6 is 0 Å². The number of nitrogens with two attached hydrogens (primary N) is 1. The van der Waals surface area contributed by atoms with E-state index < -0.39 is 5.92 Å². The van der Waals surface area contributed by atoms with E-state index in [4.69, 9.17) is 16.3 Å². The van der Waals surface area contributed by atoms with E-state index in [1.807, 2.05) is 12.1 Å². The van der Waals surface area contributed by atoms with Crippen LogP contribution in [0, 0.1) is 28.6 Å². The van der Waals surface area contributed by atoms with Crippen molar-refractivity contribution in [2.45, 2.75) is 19.4 Å². The first kappa shape index (κ1) is 7.94. The number of rotatable bonds is 2. The van der Waals surface area contributed by atoms with Gasteiger partial charge in [0.2, 0.25) is 0 Å². The molecule has 0 amide bonds. The van der Waals surface area contributed by atoms with Gasteiger partial charge in [0.1, 0.15) is 5.92 Å². The molecule has 0 saturated carbocycles. The molecule has 1 atom stereocenters. The third-order valence-electron chi connectivity index (χ3n) is 0.919. The van der Waals surface area contributed by atoms with Gasteiger partial charge in [-0.1, -0.05) is 0 Å². The Hall–Kier alpha value is -1.06. The Balaban J connectivity index is 3.64. The third-order valence-corrected chi connectivity index (χ3v) is 0.919. The summed E-state index contributed by atoms with van der Waals surface area (Å²) in [5.74, 6) is -0.537. The van der Waals surface area contributed by atoms with E-state index >= 15 is 0 Å². The number of nitriles is 2. The molecule has 0 rings (SSSR count). The topological polar surface area (TPSA) is 73.6 Å². The van der Waals surface area contributed by atoms with Crippen LogP contribution in [0.2, 0.25) is 0 Å². The molecule has 48 valence electrons. The van der Waals surface area contributed by atoms with Crippen molar-refractivity contribution in [1.29, 1.82) is 10.5 Å². The van der Waals surface area contributed by atoms with Crippen LogP contribution in [0.3, 0.4) is 0 Å². The van der Waals surface area contributed by atoms with Crippen LogP contribution < -0.4 is 5.73 Å². The zero-order chi connectivity index (χ0) is 7.28. The minimum Gasteiger partial charge on any atom is -0.328 e. The van der Waals surface area contributed by atoms with Gasteiger partial charge in [-0.25, -0.2) is 0 Å². The lowest BCUT2D eigenvalue weighted by Gasteiger charge is -2.01. The van der Waals surface area contributed by atoms with Gasteiger partial charge >= 0.3 is 0 Å². The lowest BCUT2D eigenvalue weighted by molar-refractivity contribution is 0.614. The molecular formula is C6H9N3. The zero-order valence-electron chi connectivity index (χ0n) is 5.33. The Bertz CT molecular complexity index is 135. The van der Waals surface area contributed by atoms with Gasteiger partial charge in [0.15, 0.2) is 0 Å². The lowest BCUT2D eigenvalue weighted by Crippen LogP contribution is -2.18. The minimum atomic E-state index is -0.537. The number of hydrogen-bond donors (Lipinski definition) is 1. The Kier molecular flexibility index (Phi) is 3.43. The van der Waals surface area contributed by atoms with E-state index in [1.54, 1.807) is 6.92 Å². The van der Waals surface area contributed by atoms with Crippen molar-refractivity contribution in [2.24, 2.45) is 11.7 Å². The van der Waals surface area contributed by atoms with Crippen LogP contribution in [0.5, 0.6) is 0 Å². The number of hydrogen-bond acceptors (Lipinski definition) is 3. The van der Waals surface area contributed by atoms with E-state index in [2.05, 4.69) is 0 Å². The maximum atomic E-state index is 8.25. The van der Waals surface area contributed by atoms with Crippen molar-refractivity contribution in [1.82, 2.24) is 0 Å². The van der Waals surface area contributed by atoms with Gasteiger partial charge in [0.05, 0.1) is 12.1 Å². The highest BCUT2D eigenvalue weighted by Crippen LogP contribution is 2.00. The predicted octanol–water partition coefficient (Wildman–Crippen LogP) is 0.387. The van der Waals surface area contributed by atoms with E-state index in [0.29, 0.717) is 6.42 Å². The quantitative estimate of drug-likeness (QED) is 0.577. The molecule has 0 aromatic rings. The highest BCUT2D eigenvalue weighted by molar-refractivity contribution is 4.99. The van der Waals surface area contributed by atoms with Gasteiger partial charge in [-0.05, 0) is 13.3 Å². The van der Waals surface area contributed by atoms with Crippen LogP contribution in [-0.2, 0) is 0 Å². The van der Waals surface area contributed by atoms with Crippen LogP contribution in [0.15, 0.2) is 0 Å². The molecule has 0 aliphatic rings. The maximum absolute atomic E-state index is 8.25. The lowest BCUT2D eigenvalue weighted by atomic mass is 10.1. The summed E-state index contributed by atoms with van der Waals surface area (Å²) in [6.45, 7) is 1.78. The minimum absolute atomic E-state index is 0.0608. The first-order valence-electron chi connectivity index (χ1n) is 2.75. The first-order chi connectivity index (χ1) is 4.20. The smallest absolute Gasteiger partial charge is 0.134 e. The fourth-order valence-electron chi connectivity index (χ4n) is 0.506. The molecule has 0 aromatic heterocycles. The molecule has 0 saturated heterocycles.